The van der Waals surface area contributed by atoms with Gasteiger partial charge in [-0.3, -0.25) is 9.59 Å². The highest BCUT2D eigenvalue weighted by Gasteiger charge is 2.36. The highest BCUT2D eigenvalue weighted by atomic mass is 16.5. The third-order valence-electron chi connectivity index (χ3n) is 3.64. The molecule has 0 saturated carbocycles. The van der Waals surface area contributed by atoms with Gasteiger partial charge in [0.05, 0.1) is 5.60 Å². The maximum absolute atomic E-state index is 11.9. The molecule has 2 rings (SSSR count). The molecule has 0 radical (unpaired) electrons. The maximum atomic E-state index is 11.9. The fourth-order valence-corrected chi connectivity index (χ4v) is 2.38. The number of phenolic OH excluding ortho intramolecular Hbond substituents is 1. The van der Waals surface area contributed by atoms with E-state index in [0.717, 1.165) is 0 Å². The van der Waals surface area contributed by atoms with E-state index in [2.05, 4.69) is 0 Å². The third kappa shape index (κ3) is 3.95. The standard InChI is InChI=1S/C15H19NO5/c1-15(7-6-14(19)20)10-16(13(18)9-21-15)8-11-4-2-3-5-12(11)17/h2-5,17H,6-10H2,1H3,(H,19,20). The molecule has 1 fully saturated rings. The molecule has 21 heavy (non-hydrogen) atoms. The number of nitrogens with zero attached hydrogens (tertiary/aromatic N) is 1. The number of carboxylic acid groups (broad SMARTS) is 1. The van der Waals surface area contributed by atoms with E-state index in [1.54, 1.807) is 36.1 Å². The fourth-order valence-electron chi connectivity index (χ4n) is 2.38. The zero-order valence-electron chi connectivity index (χ0n) is 11.9. The minimum absolute atomic E-state index is 0.00484. The van der Waals surface area contributed by atoms with Gasteiger partial charge in [0.15, 0.2) is 0 Å². The van der Waals surface area contributed by atoms with Gasteiger partial charge in [-0.1, -0.05) is 18.2 Å². The Labute approximate surface area is 122 Å². The zero-order chi connectivity index (χ0) is 15.5. The van der Waals surface area contributed by atoms with Crippen LogP contribution in [-0.4, -0.2) is 45.7 Å². The third-order valence-corrected chi connectivity index (χ3v) is 3.64. The lowest BCUT2D eigenvalue weighted by Gasteiger charge is -2.40. The Morgan fingerprint density at radius 2 is 2.14 bits per heavy atom. The number of morpholine rings is 1. The average molecular weight is 293 g/mol. The van der Waals surface area contributed by atoms with Crippen LogP contribution in [-0.2, 0) is 20.9 Å². The minimum atomic E-state index is -0.885. The topological polar surface area (TPSA) is 87.1 Å². The van der Waals surface area contributed by atoms with Crippen LogP contribution < -0.4 is 0 Å². The van der Waals surface area contributed by atoms with E-state index in [1.807, 2.05) is 0 Å². The SMILES string of the molecule is CC1(CCC(=O)O)CN(Cc2ccccc2O)C(=O)CO1. The van der Waals surface area contributed by atoms with Gasteiger partial charge >= 0.3 is 5.97 Å². The number of aromatic hydroxyl groups is 1. The van der Waals surface area contributed by atoms with Crippen LogP contribution in [0, 0.1) is 0 Å². The molecule has 1 aromatic rings. The molecule has 1 aliphatic rings. The van der Waals surface area contributed by atoms with Crippen LogP contribution in [0.25, 0.3) is 0 Å². The molecule has 1 aromatic carbocycles. The molecule has 1 amide bonds. The van der Waals surface area contributed by atoms with E-state index < -0.39 is 11.6 Å². The van der Waals surface area contributed by atoms with Crippen LogP contribution in [0.15, 0.2) is 24.3 Å². The zero-order valence-corrected chi connectivity index (χ0v) is 11.9. The van der Waals surface area contributed by atoms with E-state index in [-0.39, 0.29) is 31.2 Å². The maximum Gasteiger partial charge on any atom is 0.303 e. The van der Waals surface area contributed by atoms with E-state index >= 15 is 0 Å². The van der Waals surface area contributed by atoms with Gasteiger partial charge in [-0.15, -0.1) is 0 Å². The number of carbonyl (C=O) groups excluding carboxylic acids is 1. The van der Waals surface area contributed by atoms with Crippen molar-refractivity contribution in [2.75, 3.05) is 13.2 Å². The van der Waals surface area contributed by atoms with Crippen LogP contribution in [0.2, 0.25) is 0 Å². The number of rotatable bonds is 5. The second kappa shape index (κ2) is 6.13. The summed E-state index contributed by atoms with van der Waals surface area (Å²) in [5, 5.41) is 18.6. The molecule has 6 nitrogen and oxygen atoms in total. The molecule has 6 heteroatoms. The summed E-state index contributed by atoms with van der Waals surface area (Å²) in [7, 11) is 0. The van der Waals surface area contributed by atoms with Gasteiger partial charge in [0, 0.05) is 25.1 Å². The molecule has 0 aromatic heterocycles. The lowest BCUT2D eigenvalue weighted by Crippen LogP contribution is -2.52. The second-order valence-corrected chi connectivity index (χ2v) is 5.51. The summed E-state index contributed by atoms with van der Waals surface area (Å²) in [5.74, 6) is -0.904. The van der Waals surface area contributed by atoms with Crippen molar-refractivity contribution < 1.29 is 24.5 Å². The van der Waals surface area contributed by atoms with Crippen LogP contribution in [0.1, 0.15) is 25.3 Å². The number of benzene rings is 1. The summed E-state index contributed by atoms with van der Waals surface area (Å²) in [6, 6.07) is 6.84. The molecule has 2 N–H and O–H groups in total. The lowest BCUT2D eigenvalue weighted by molar-refractivity contribution is -0.164. The van der Waals surface area contributed by atoms with E-state index in [1.165, 1.54) is 0 Å². The van der Waals surface area contributed by atoms with Crippen molar-refractivity contribution in [3.05, 3.63) is 29.8 Å². The van der Waals surface area contributed by atoms with Gasteiger partial charge < -0.3 is 19.8 Å². The highest BCUT2D eigenvalue weighted by Crippen LogP contribution is 2.26. The number of ether oxygens (including phenoxy) is 1. The van der Waals surface area contributed by atoms with Gasteiger partial charge in [-0.25, -0.2) is 0 Å². The van der Waals surface area contributed by atoms with Crippen molar-refractivity contribution in [2.24, 2.45) is 0 Å². The summed E-state index contributed by atoms with van der Waals surface area (Å²) >= 11 is 0. The van der Waals surface area contributed by atoms with Crippen LogP contribution in [0.3, 0.4) is 0 Å². The largest absolute Gasteiger partial charge is 0.508 e. The van der Waals surface area contributed by atoms with Crippen LogP contribution in [0.5, 0.6) is 5.75 Å². The number of para-hydroxylation sites is 1. The molecular weight excluding hydrogens is 274 g/mol. The Kier molecular flexibility index (Phi) is 4.47. The van der Waals surface area contributed by atoms with E-state index in [4.69, 9.17) is 9.84 Å². The normalized spacial score (nSPS) is 22.3. The molecular formula is C15H19NO5. The highest BCUT2D eigenvalue weighted by molar-refractivity contribution is 5.78. The molecule has 1 atom stereocenters. The van der Waals surface area contributed by atoms with Crippen molar-refractivity contribution in [3.63, 3.8) is 0 Å². The second-order valence-electron chi connectivity index (χ2n) is 5.51. The monoisotopic (exact) mass is 293 g/mol. The number of phenols is 1. The summed E-state index contributed by atoms with van der Waals surface area (Å²) in [6.45, 7) is 2.34. The minimum Gasteiger partial charge on any atom is -0.508 e. The summed E-state index contributed by atoms with van der Waals surface area (Å²) in [4.78, 5) is 24.2. The van der Waals surface area contributed by atoms with Crippen molar-refractivity contribution >= 4 is 11.9 Å². The number of aliphatic carboxylic acids is 1. The Morgan fingerprint density at radius 1 is 1.43 bits per heavy atom. The molecule has 0 bridgehead atoms. The molecule has 114 valence electrons. The summed E-state index contributed by atoms with van der Waals surface area (Å²) in [5.41, 5.74) is -0.00945. The first-order valence-corrected chi connectivity index (χ1v) is 6.80. The quantitative estimate of drug-likeness (QED) is 0.856. The van der Waals surface area contributed by atoms with E-state index in [0.29, 0.717) is 18.5 Å². The van der Waals surface area contributed by atoms with Crippen molar-refractivity contribution in [1.29, 1.82) is 0 Å². The van der Waals surface area contributed by atoms with Gasteiger partial charge in [0.25, 0.3) is 0 Å². The number of hydrogen-bond donors (Lipinski definition) is 2. The van der Waals surface area contributed by atoms with Crippen molar-refractivity contribution in [3.8, 4) is 5.75 Å². The first-order valence-electron chi connectivity index (χ1n) is 6.80. The Hall–Kier alpha value is -2.08. The molecule has 1 aliphatic heterocycles. The smallest absolute Gasteiger partial charge is 0.303 e. The van der Waals surface area contributed by atoms with Crippen molar-refractivity contribution in [2.45, 2.75) is 31.9 Å². The van der Waals surface area contributed by atoms with Crippen LogP contribution >= 0.6 is 0 Å². The number of amides is 1. The number of carbonyl (C=O) groups is 2. The van der Waals surface area contributed by atoms with Gasteiger partial charge in [0.1, 0.15) is 12.4 Å². The number of hydrogen-bond acceptors (Lipinski definition) is 4. The van der Waals surface area contributed by atoms with Gasteiger partial charge in [-0.05, 0) is 19.4 Å². The molecule has 0 aliphatic carbocycles. The summed E-state index contributed by atoms with van der Waals surface area (Å²) < 4.78 is 5.51. The van der Waals surface area contributed by atoms with E-state index in [9.17, 15) is 14.7 Å². The van der Waals surface area contributed by atoms with Crippen molar-refractivity contribution in [1.82, 2.24) is 4.90 Å². The Balaban J connectivity index is 2.06. The molecule has 1 unspecified atom stereocenters. The average Bonchev–Trinajstić information content (AvgIpc) is 2.44. The Morgan fingerprint density at radius 3 is 2.81 bits per heavy atom. The van der Waals surface area contributed by atoms with Gasteiger partial charge in [-0.2, -0.15) is 0 Å². The lowest BCUT2D eigenvalue weighted by atomic mass is 9.97. The van der Waals surface area contributed by atoms with Gasteiger partial charge in [0.2, 0.25) is 5.91 Å². The predicted molar refractivity (Wildman–Crippen MR) is 74.8 cm³/mol. The fraction of sp³-hybridized carbons (Fsp3) is 0.467. The predicted octanol–water partition coefficient (Wildman–Crippen LogP) is 1.37. The first-order chi connectivity index (χ1) is 9.89. The molecule has 1 saturated heterocycles. The first kappa shape index (κ1) is 15.3. The number of carboxylic acids is 1. The molecule has 1 heterocycles. The Bertz CT molecular complexity index is 545. The summed E-state index contributed by atoms with van der Waals surface area (Å²) in [6.07, 6.45) is 0.335. The molecule has 0 spiro atoms. The van der Waals surface area contributed by atoms with Crippen LogP contribution in [0.4, 0.5) is 0 Å².